The second kappa shape index (κ2) is 18.6. The molecule has 0 saturated carbocycles. The summed E-state index contributed by atoms with van der Waals surface area (Å²) < 4.78 is 51.0. The minimum absolute atomic E-state index is 0.00367. The van der Waals surface area contributed by atoms with Crippen molar-refractivity contribution >= 4 is 47.1 Å². The van der Waals surface area contributed by atoms with Crippen molar-refractivity contribution in [3.8, 4) is 22.8 Å². The van der Waals surface area contributed by atoms with Gasteiger partial charge in [-0.25, -0.2) is 18.3 Å². The summed E-state index contributed by atoms with van der Waals surface area (Å²) in [5, 5.41) is 9.90. The van der Waals surface area contributed by atoms with Crippen molar-refractivity contribution in [3.05, 3.63) is 89.0 Å². The number of nitrogens with one attached hydrogen (secondary N) is 2. The molecule has 3 aliphatic rings. The second-order valence-electron chi connectivity index (χ2n) is 14.3. The Morgan fingerprint density at radius 2 is 1.67 bits per heavy atom. The van der Waals surface area contributed by atoms with Crippen molar-refractivity contribution in [2.75, 3.05) is 63.7 Å². The van der Waals surface area contributed by atoms with Crippen molar-refractivity contribution in [3.63, 3.8) is 0 Å². The van der Waals surface area contributed by atoms with Gasteiger partial charge in [-0.2, -0.15) is 5.10 Å². The maximum absolute atomic E-state index is 14.1. The van der Waals surface area contributed by atoms with Gasteiger partial charge in [0, 0.05) is 43.4 Å². The third-order valence-electron chi connectivity index (χ3n) is 10.3. The number of primary amides is 1. The summed E-state index contributed by atoms with van der Waals surface area (Å²) in [6.07, 6.45) is 0.750. The molecule has 18 nitrogen and oxygen atoms in total. The molecule has 61 heavy (non-hydrogen) atoms. The van der Waals surface area contributed by atoms with Crippen LogP contribution < -0.4 is 26.8 Å². The minimum Gasteiger partial charge on any atom is -0.454 e. The zero-order valence-corrected chi connectivity index (χ0v) is 32.7. The van der Waals surface area contributed by atoms with E-state index in [0.29, 0.717) is 43.2 Å². The third kappa shape index (κ3) is 9.29. The number of fused-ring (bicyclic) bond motifs is 1. The number of likely N-dealkylation sites (tertiary alicyclic amines) is 1. The van der Waals surface area contributed by atoms with Crippen molar-refractivity contribution in [1.29, 1.82) is 0 Å². The largest absolute Gasteiger partial charge is 0.454 e. The minimum atomic E-state index is -1.06. The number of hydrogen-bond donors (Lipinski definition) is 4. The number of anilines is 2. The average Bonchev–Trinajstić information content (AvgIpc) is 3.72. The molecule has 2 atom stereocenters. The number of hydrogen-bond acceptors (Lipinski definition) is 13. The number of carbonyl (C=O) groups excluding carboxylic acids is 6. The number of amides is 6. The van der Waals surface area contributed by atoms with Gasteiger partial charge < -0.3 is 40.6 Å². The number of piperidine rings is 2. The van der Waals surface area contributed by atoms with Crippen LogP contribution in [0.3, 0.4) is 0 Å². The van der Waals surface area contributed by atoms with Crippen LogP contribution in [0.5, 0.6) is 11.5 Å². The van der Waals surface area contributed by atoms with Gasteiger partial charge in [-0.3, -0.25) is 34.2 Å². The number of nitrogen functional groups attached to an aromatic ring is 1. The molecule has 0 aliphatic carbocycles. The van der Waals surface area contributed by atoms with Crippen LogP contribution in [-0.2, 0) is 23.8 Å². The van der Waals surface area contributed by atoms with Gasteiger partial charge in [0.05, 0.1) is 43.6 Å². The Kier molecular flexibility index (Phi) is 12.8. The standard InChI is InChI=1S/C41H42F2N8O10/c42-24-8-12-31(28(43)21-24)61-26-9-6-23(7-10-26)35-34(37(45)53)36(44)51(48-35)25-3-2-15-49(22-25)41(57)60-20-19-59-18-17-58-16-14-46-29-5-1-4-27-33(29)40(56)50(39(27)55)30-11-13-32(52)47-38(30)54/h1,4-10,12,21,25,30,46H,2-3,11,13-20,22,44H2,(H2,45,53)(H,47,52,54). The molecule has 2 saturated heterocycles. The zero-order valence-electron chi connectivity index (χ0n) is 32.7. The Balaban J connectivity index is 0.826. The molecular weight excluding hydrogens is 802 g/mol. The first-order valence-electron chi connectivity index (χ1n) is 19.5. The lowest BCUT2D eigenvalue weighted by Crippen LogP contribution is -2.54. The van der Waals surface area contributed by atoms with Gasteiger partial charge in [0.15, 0.2) is 11.6 Å². The average molecular weight is 845 g/mol. The number of halogens is 2. The highest BCUT2D eigenvalue weighted by molar-refractivity contribution is 6.25. The fraction of sp³-hybridized carbons (Fsp3) is 0.341. The van der Waals surface area contributed by atoms with Crippen molar-refractivity contribution in [1.82, 2.24) is 24.9 Å². The summed E-state index contributed by atoms with van der Waals surface area (Å²) in [4.78, 5) is 78.2. The Labute approximate surface area is 347 Å². The molecule has 320 valence electrons. The molecule has 6 N–H and O–H groups in total. The molecule has 4 aromatic rings. The fourth-order valence-corrected chi connectivity index (χ4v) is 7.38. The molecule has 3 aromatic carbocycles. The lowest BCUT2D eigenvalue weighted by molar-refractivity contribution is -0.136. The topological polar surface area (TPSA) is 240 Å². The summed E-state index contributed by atoms with van der Waals surface area (Å²) in [7, 11) is 0. The van der Waals surface area contributed by atoms with E-state index >= 15 is 0 Å². The molecule has 4 heterocycles. The molecule has 0 bridgehead atoms. The lowest BCUT2D eigenvalue weighted by atomic mass is 10.0. The van der Waals surface area contributed by atoms with E-state index in [0.717, 1.165) is 11.0 Å². The highest BCUT2D eigenvalue weighted by Gasteiger charge is 2.45. The van der Waals surface area contributed by atoms with E-state index < -0.39 is 59.3 Å². The summed E-state index contributed by atoms with van der Waals surface area (Å²) in [5.41, 5.74) is 13.6. The second-order valence-corrected chi connectivity index (χ2v) is 14.3. The van der Waals surface area contributed by atoms with Crippen LogP contribution in [0.4, 0.5) is 25.1 Å². The summed E-state index contributed by atoms with van der Waals surface area (Å²) in [6, 6.07) is 12.6. The molecule has 0 spiro atoms. The van der Waals surface area contributed by atoms with Gasteiger partial charge >= 0.3 is 6.09 Å². The van der Waals surface area contributed by atoms with Gasteiger partial charge in [0.2, 0.25) is 11.8 Å². The zero-order chi connectivity index (χ0) is 43.2. The van der Waals surface area contributed by atoms with Crippen molar-refractivity contribution < 1.29 is 56.5 Å². The monoisotopic (exact) mass is 844 g/mol. The van der Waals surface area contributed by atoms with E-state index in [1.54, 1.807) is 24.3 Å². The van der Waals surface area contributed by atoms with Gasteiger partial charge in [0.1, 0.15) is 41.3 Å². The van der Waals surface area contributed by atoms with Crippen molar-refractivity contribution in [2.24, 2.45) is 5.73 Å². The number of benzene rings is 3. The maximum atomic E-state index is 14.1. The van der Waals surface area contributed by atoms with Gasteiger partial charge in [-0.15, -0.1) is 0 Å². The van der Waals surface area contributed by atoms with Crippen molar-refractivity contribution in [2.45, 2.75) is 37.8 Å². The van der Waals surface area contributed by atoms with Gasteiger partial charge in [-0.1, -0.05) is 6.07 Å². The Morgan fingerprint density at radius 3 is 2.41 bits per heavy atom. The number of carbonyl (C=O) groups is 6. The number of nitrogens with zero attached hydrogens (tertiary/aromatic N) is 4. The predicted octanol–water partition coefficient (Wildman–Crippen LogP) is 3.62. The number of nitrogens with two attached hydrogens (primary N) is 2. The SMILES string of the molecule is NC(=O)c1c(-c2ccc(Oc3ccc(F)cc3F)cc2)nn(C2CCCN(C(=O)OCCOCCOCCNc3cccc4c3C(=O)N(C3CCC(=O)NC3=O)C4=O)C2)c1N. The van der Waals surface area contributed by atoms with Crippen LogP contribution in [0.15, 0.2) is 60.7 Å². The predicted molar refractivity (Wildman–Crippen MR) is 211 cm³/mol. The van der Waals surface area contributed by atoms with Crippen LogP contribution in [0, 0.1) is 11.6 Å². The van der Waals surface area contributed by atoms with Crippen LogP contribution in [-0.4, -0.2) is 114 Å². The molecule has 2 fully saturated rings. The fourth-order valence-electron chi connectivity index (χ4n) is 7.38. The molecule has 20 heteroatoms. The molecule has 1 aromatic heterocycles. The number of rotatable bonds is 16. The van der Waals surface area contributed by atoms with E-state index in [9.17, 15) is 37.5 Å². The van der Waals surface area contributed by atoms with E-state index in [1.807, 2.05) is 0 Å². The van der Waals surface area contributed by atoms with E-state index in [1.165, 1.54) is 33.8 Å². The Hall–Kier alpha value is -6.93. The lowest BCUT2D eigenvalue weighted by Gasteiger charge is -2.32. The van der Waals surface area contributed by atoms with Gasteiger partial charge in [0.25, 0.3) is 17.7 Å². The third-order valence-corrected chi connectivity index (χ3v) is 10.3. The molecule has 2 unspecified atom stereocenters. The quantitative estimate of drug-likeness (QED) is 0.0932. The van der Waals surface area contributed by atoms with Gasteiger partial charge in [-0.05, 0) is 67.8 Å². The maximum Gasteiger partial charge on any atom is 0.409 e. The van der Waals surface area contributed by atoms with E-state index in [4.69, 9.17) is 30.4 Å². The first-order valence-corrected chi connectivity index (χ1v) is 19.5. The Bertz CT molecular complexity index is 2360. The number of imide groups is 2. The summed E-state index contributed by atoms with van der Waals surface area (Å²) in [6.45, 7) is 1.70. The summed E-state index contributed by atoms with van der Waals surface area (Å²) in [5.74, 6) is -4.60. The van der Waals surface area contributed by atoms with E-state index in [-0.39, 0.29) is 92.1 Å². The molecular formula is C41H42F2N8O10. The highest BCUT2D eigenvalue weighted by Crippen LogP contribution is 2.35. The van der Waals surface area contributed by atoms with Crippen LogP contribution in [0.1, 0.15) is 62.8 Å². The number of ether oxygens (including phenoxy) is 4. The molecule has 0 radical (unpaired) electrons. The van der Waals surface area contributed by atoms with Crippen LogP contribution in [0.25, 0.3) is 11.3 Å². The normalized spacial score (nSPS) is 17.6. The molecule has 7 rings (SSSR count). The summed E-state index contributed by atoms with van der Waals surface area (Å²) >= 11 is 0. The number of aromatic nitrogens is 2. The Morgan fingerprint density at radius 1 is 0.918 bits per heavy atom. The van der Waals surface area contributed by atoms with Crippen LogP contribution >= 0.6 is 0 Å². The van der Waals surface area contributed by atoms with Crippen LogP contribution in [0.2, 0.25) is 0 Å². The smallest absolute Gasteiger partial charge is 0.409 e. The first kappa shape index (κ1) is 42.2. The first-order chi connectivity index (χ1) is 29.4. The molecule has 6 amide bonds. The van der Waals surface area contributed by atoms with E-state index in [2.05, 4.69) is 15.7 Å². The molecule has 3 aliphatic heterocycles. The highest BCUT2D eigenvalue weighted by atomic mass is 19.1.